The number of anilines is 1. The average Bonchev–Trinajstić information content (AvgIpc) is 3.16. The van der Waals surface area contributed by atoms with E-state index < -0.39 is 5.97 Å². The van der Waals surface area contributed by atoms with Gasteiger partial charge in [0.1, 0.15) is 5.69 Å². The Morgan fingerprint density at radius 3 is 2.47 bits per heavy atom. The number of H-pyrrole nitrogens is 1. The highest BCUT2D eigenvalue weighted by Crippen LogP contribution is 2.26. The maximum Gasteiger partial charge on any atom is 0.339 e. The van der Waals surface area contributed by atoms with E-state index in [-0.39, 0.29) is 17.7 Å². The predicted molar refractivity (Wildman–Crippen MR) is 130 cm³/mol. The predicted octanol–water partition coefficient (Wildman–Crippen LogP) is 3.27. The molecule has 0 aliphatic carbocycles. The topological polar surface area (TPSA) is 85.9 Å². The van der Waals surface area contributed by atoms with Crippen molar-refractivity contribution in [3.63, 3.8) is 0 Å². The summed E-state index contributed by atoms with van der Waals surface area (Å²) in [5.41, 5.74) is 3.04. The van der Waals surface area contributed by atoms with Gasteiger partial charge in [-0.3, -0.25) is 9.59 Å². The zero-order valence-electron chi connectivity index (χ0n) is 19.9. The number of hydrogen-bond donors (Lipinski definition) is 1. The van der Waals surface area contributed by atoms with Crippen LogP contribution < -0.4 is 4.90 Å². The van der Waals surface area contributed by atoms with Crippen LogP contribution in [0.3, 0.4) is 0 Å². The summed E-state index contributed by atoms with van der Waals surface area (Å²) < 4.78 is 4.85. The van der Waals surface area contributed by atoms with Gasteiger partial charge in [0.05, 0.1) is 18.6 Å². The molecule has 1 aromatic carbocycles. The number of piperidine rings is 1. The number of aromatic nitrogens is 1. The molecule has 2 aliphatic rings. The van der Waals surface area contributed by atoms with Crippen LogP contribution in [-0.2, 0) is 9.53 Å². The zero-order valence-corrected chi connectivity index (χ0v) is 20.7. The van der Waals surface area contributed by atoms with Crippen molar-refractivity contribution in [3.8, 4) is 0 Å². The number of carbonyl (C=O) groups is 3. The van der Waals surface area contributed by atoms with E-state index in [4.69, 9.17) is 16.3 Å². The summed E-state index contributed by atoms with van der Waals surface area (Å²) in [4.78, 5) is 47.6. The zero-order chi connectivity index (χ0) is 24.4. The van der Waals surface area contributed by atoms with Crippen molar-refractivity contribution >= 4 is 35.1 Å². The van der Waals surface area contributed by atoms with Crippen LogP contribution in [0.5, 0.6) is 0 Å². The lowest BCUT2D eigenvalue weighted by atomic mass is 9.95. The van der Waals surface area contributed by atoms with Crippen LogP contribution in [0.2, 0.25) is 5.02 Å². The fourth-order valence-electron chi connectivity index (χ4n) is 5.01. The maximum absolute atomic E-state index is 13.3. The van der Waals surface area contributed by atoms with E-state index in [1.165, 1.54) is 7.11 Å². The second-order valence-electron chi connectivity index (χ2n) is 9.00. The van der Waals surface area contributed by atoms with Gasteiger partial charge in [-0.15, -0.1) is 0 Å². The normalized spacial score (nSPS) is 18.7. The highest BCUT2D eigenvalue weighted by atomic mass is 35.5. The number of carbonyl (C=O) groups excluding carboxylic acids is 3. The van der Waals surface area contributed by atoms with Crippen molar-refractivity contribution in [3.05, 3.63) is 51.8 Å². The average molecular weight is 487 g/mol. The van der Waals surface area contributed by atoms with Crippen LogP contribution in [0.1, 0.15) is 44.9 Å². The molecule has 8 nitrogen and oxygen atoms in total. The Morgan fingerprint density at radius 1 is 1.06 bits per heavy atom. The Hall–Kier alpha value is -3.00. The number of rotatable bonds is 4. The number of nitrogens with zero attached hydrogens (tertiary/aromatic N) is 3. The Bertz CT molecular complexity index is 1090. The third-order valence-electron chi connectivity index (χ3n) is 6.86. The monoisotopic (exact) mass is 486 g/mol. The van der Waals surface area contributed by atoms with Crippen molar-refractivity contribution in [2.75, 3.05) is 51.3 Å². The molecule has 0 spiro atoms. The van der Waals surface area contributed by atoms with Gasteiger partial charge in [0.2, 0.25) is 5.91 Å². The number of nitrogens with one attached hydrogen (secondary N) is 1. The van der Waals surface area contributed by atoms with Gasteiger partial charge in [-0.05, 0) is 50.5 Å². The number of esters is 1. The first-order valence-corrected chi connectivity index (χ1v) is 12.0. The highest BCUT2D eigenvalue weighted by Gasteiger charge is 2.34. The molecule has 9 heteroatoms. The molecule has 1 aromatic heterocycles. The smallest absolute Gasteiger partial charge is 0.339 e. The van der Waals surface area contributed by atoms with Gasteiger partial charge < -0.3 is 24.4 Å². The Kier molecular flexibility index (Phi) is 7.16. The first kappa shape index (κ1) is 24.1. The first-order valence-electron chi connectivity index (χ1n) is 11.7. The minimum atomic E-state index is -0.464. The summed E-state index contributed by atoms with van der Waals surface area (Å²) in [6.45, 7) is 7.27. The molecule has 3 heterocycles. The van der Waals surface area contributed by atoms with E-state index in [0.717, 1.165) is 31.6 Å². The molecule has 1 N–H and O–H groups in total. The number of likely N-dealkylation sites (tertiary alicyclic amines) is 1. The minimum absolute atomic E-state index is 0.109. The lowest BCUT2D eigenvalue weighted by Crippen LogP contribution is -2.53. The summed E-state index contributed by atoms with van der Waals surface area (Å²) in [5, 5.41) is 0.703. The number of benzene rings is 1. The fourth-order valence-corrected chi connectivity index (χ4v) is 5.19. The van der Waals surface area contributed by atoms with E-state index in [9.17, 15) is 14.4 Å². The van der Waals surface area contributed by atoms with E-state index in [2.05, 4.69) is 9.88 Å². The standard InChI is InChI=1S/C25H31ClN4O4/c1-16-21(25(33)34-3)17(2)27-22(16)24(32)30-9-5-6-18(15-30)23(31)29-12-10-28(11-13-29)20-8-4-7-19(26)14-20/h4,7-8,14,18,27H,5-6,9-13,15H2,1-3H3/t18-/m1/s1. The van der Waals surface area contributed by atoms with Gasteiger partial charge in [0, 0.05) is 55.7 Å². The molecule has 2 amide bonds. The lowest BCUT2D eigenvalue weighted by molar-refractivity contribution is -0.137. The van der Waals surface area contributed by atoms with Crippen LogP contribution >= 0.6 is 11.6 Å². The lowest BCUT2D eigenvalue weighted by Gasteiger charge is -2.39. The van der Waals surface area contributed by atoms with Crippen LogP contribution in [-0.4, -0.2) is 78.9 Å². The molecule has 34 heavy (non-hydrogen) atoms. The number of ether oxygens (including phenoxy) is 1. The largest absolute Gasteiger partial charge is 0.465 e. The number of piperazine rings is 1. The molecule has 0 saturated carbocycles. The van der Waals surface area contributed by atoms with E-state index >= 15 is 0 Å². The Balaban J connectivity index is 1.39. The fraction of sp³-hybridized carbons (Fsp3) is 0.480. The van der Waals surface area contributed by atoms with Crippen molar-refractivity contribution < 1.29 is 19.1 Å². The second-order valence-corrected chi connectivity index (χ2v) is 9.44. The molecule has 182 valence electrons. The molecule has 2 saturated heterocycles. The number of hydrogen-bond acceptors (Lipinski definition) is 5. The van der Waals surface area contributed by atoms with Crippen LogP contribution in [0.4, 0.5) is 5.69 Å². The summed E-state index contributed by atoms with van der Waals surface area (Å²) in [6.07, 6.45) is 1.54. The quantitative estimate of drug-likeness (QED) is 0.670. The molecular weight excluding hydrogens is 456 g/mol. The molecule has 2 aliphatic heterocycles. The number of amides is 2. The number of methoxy groups -OCH3 is 1. The SMILES string of the molecule is COC(=O)c1c(C)[nH]c(C(=O)N2CCC[C@@H](C(=O)N3CCN(c4cccc(Cl)c4)CC3)C2)c1C. The summed E-state index contributed by atoms with van der Waals surface area (Å²) in [5.74, 6) is -0.752. The molecule has 0 bridgehead atoms. The van der Waals surface area contributed by atoms with E-state index in [1.54, 1.807) is 18.7 Å². The van der Waals surface area contributed by atoms with Gasteiger partial charge in [-0.1, -0.05) is 17.7 Å². The van der Waals surface area contributed by atoms with Crippen LogP contribution in [0, 0.1) is 19.8 Å². The van der Waals surface area contributed by atoms with Crippen LogP contribution in [0.15, 0.2) is 24.3 Å². The molecule has 0 radical (unpaired) electrons. The van der Waals surface area contributed by atoms with E-state index in [1.807, 2.05) is 29.2 Å². The van der Waals surface area contributed by atoms with Crippen LogP contribution in [0.25, 0.3) is 0 Å². The van der Waals surface area contributed by atoms with Crippen molar-refractivity contribution in [2.45, 2.75) is 26.7 Å². The highest BCUT2D eigenvalue weighted by molar-refractivity contribution is 6.30. The Labute approximate surface area is 204 Å². The Morgan fingerprint density at radius 2 is 1.79 bits per heavy atom. The van der Waals surface area contributed by atoms with E-state index in [0.29, 0.717) is 53.7 Å². The summed E-state index contributed by atoms with van der Waals surface area (Å²) in [6, 6.07) is 7.76. The number of aromatic amines is 1. The molecule has 4 rings (SSSR count). The first-order chi connectivity index (χ1) is 16.3. The second kappa shape index (κ2) is 10.1. The van der Waals surface area contributed by atoms with Gasteiger partial charge in [-0.2, -0.15) is 0 Å². The number of halogens is 1. The molecule has 2 fully saturated rings. The summed E-state index contributed by atoms with van der Waals surface area (Å²) >= 11 is 6.12. The molecule has 2 aromatic rings. The van der Waals surface area contributed by atoms with Gasteiger partial charge >= 0.3 is 5.97 Å². The van der Waals surface area contributed by atoms with Gasteiger partial charge in [0.15, 0.2) is 0 Å². The van der Waals surface area contributed by atoms with Gasteiger partial charge in [0.25, 0.3) is 5.91 Å². The molecule has 1 atom stereocenters. The van der Waals surface area contributed by atoms with Gasteiger partial charge in [-0.25, -0.2) is 4.79 Å². The third kappa shape index (κ3) is 4.78. The number of aryl methyl sites for hydroxylation is 1. The minimum Gasteiger partial charge on any atom is -0.465 e. The van der Waals surface area contributed by atoms with Crippen molar-refractivity contribution in [1.29, 1.82) is 0 Å². The van der Waals surface area contributed by atoms with Crippen molar-refractivity contribution in [1.82, 2.24) is 14.8 Å². The van der Waals surface area contributed by atoms with Crippen molar-refractivity contribution in [2.24, 2.45) is 5.92 Å². The molecular formula is C25H31ClN4O4. The molecule has 0 unspecified atom stereocenters. The third-order valence-corrected chi connectivity index (χ3v) is 7.10. The summed E-state index contributed by atoms with van der Waals surface area (Å²) in [7, 11) is 1.32. The maximum atomic E-state index is 13.3.